The minimum absolute atomic E-state index is 0.0364. The third kappa shape index (κ3) is 3.76. The molecule has 0 radical (unpaired) electrons. The van der Waals surface area contributed by atoms with Crippen LogP contribution >= 0.6 is 23.1 Å². The Morgan fingerprint density at radius 3 is 2.53 bits per heavy atom. The molecule has 0 saturated heterocycles. The van der Waals surface area contributed by atoms with Crippen LogP contribution in [-0.4, -0.2) is 34.2 Å². The Hall–Kier alpha value is -2.97. The second-order valence-electron chi connectivity index (χ2n) is 6.64. The van der Waals surface area contributed by atoms with Gasteiger partial charge in [0.1, 0.15) is 6.54 Å². The molecule has 4 aromatic rings. The number of nitrogens with zero attached hydrogens (tertiary/aromatic N) is 2. The number of Topliss-reactive ketones (excluding diaryl/α,β-unsaturated/α-hetero) is 1. The zero-order valence-corrected chi connectivity index (χ0v) is 18.0. The third-order valence-corrected chi connectivity index (χ3v) is 7.06. The minimum atomic E-state index is -0.553. The van der Waals surface area contributed by atoms with Crippen molar-refractivity contribution in [3.05, 3.63) is 69.3 Å². The van der Waals surface area contributed by atoms with E-state index in [1.54, 1.807) is 24.3 Å². The summed E-state index contributed by atoms with van der Waals surface area (Å²) >= 11 is 2.62. The highest BCUT2D eigenvalue weighted by Gasteiger charge is 2.19. The SMILES string of the molecule is COC(=O)Cn1c(SCC(=O)c2sc3ccccc3c2C)nc2ccccc2c1=O. The number of fused-ring (bicyclic) bond motifs is 2. The van der Waals surface area contributed by atoms with E-state index in [1.807, 2.05) is 31.2 Å². The molecule has 2 aromatic carbocycles. The first-order chi connectivity index (χ1) is 14.5. The fraction of sp³-hybridized carbons (Fsp3) is 0.182. The number of hydrogen-bond donors (Lipinski definition) is 0. The summed E-state index contributed by atoms with van der Waals surface area (Å²) in [5, 5.41) is 1.80. The van der Waals surface area contributed by atoms with E-state index in [0.717, 1.165) is 27.4 Å². The van der Waals surface area contributed by atoms with E-state index in [-0.39, 0.29) is 23.6 Å². The van der Waals surface area contributed by atoms with Crippen LogP contribution in [-0.2, 0) is 16.1 Å². The Kier molecular flexibility index (Phi) is 5.69. The number of aryl methyl sites for hydroxylation is 1. The predicted octanol–water partition coefficient (Wildman–Crippen LogP) is 4.07. The molecule has 0 aliphatic heterocycles. The molecule has 6 nitrogen and oxygen atoms in total. The molecular weight excluding hydrogens is 420 g/mol. The van der Waals surface area contributed by atoms with E-state index in [4.69, 9.17) is 4.74 Å². The zero-order valence-electron chi connectivity index (χ0n) is 16.4. The van der Waals surface area contributed by atoms with Crippen molar-refractivity contribution in [1.29, 1.82) is 0 Å². The van der Waals surface area contributed by atoms with E-state index in [1.165, 1.54) is 23.0 Å². The first kappa shape index (κ1) is 20.3. The number of hydrogen-bond acceptors (Lipinski definition) is 7. The van der Waals surface area contributed by atoms with Gasteiger partial charge in [0.25, 0.3) is 5.56 Å². The largest absolute Gasteiger partial charge is 0.468 e. The number of ether oxygens (including phenoxy) is 1. The number of para-hydroxylation sites is 1. The van der Waals surface area contributed by atoms with Gasteiger partial charge in [0.2, 0.25) is 0 Å². The molecule has 8 heteroatoms. The van der Waals surface area contributed by atoms with E-state index in [9.17, 15) is 14.4 Å². The van der Waals surface area contributed by atoms with Gasteiger partial charge in [-0.3, -0.25) is 19.0 Å². The average molecular weight is 439 g/mol. The molecule has 0 unspecified atom stereocenters. The van der Waals surface area contributed by atoms with Crippen LogP contribution in [0.5, 0.6) is 0 Å². The second kappa shape index (κ2) is 8.41. The Morgan fingerprint density at radius 2 is 1.80 bits per heavy atom. The molecule has 0 N–H and O–H groups in total. The summed E-state index contributed by atoms with van der Waals surface area (Å²) in [6.07, 6.45) is 0. The molecule has 0 spiro atoms. The van der Waals surface area contributed by atoms with Crippen LogP contribution < -0.4 is 5.56 Å². The number of carbonyl (C=O) groups excluding carboxylic acids is 2. The maximum absolute atomic E-state index is 12.9. The summed E-state index contributed by atoms with van der Waals surface area (Å²) in [6, 6.07) is 14.8. The Balaban J connectivity index is 1.67. The number of esters is 1. The monoisotopic (exact) mass is 438 g/mol. The molecule has 0 aliphatic carbocycles. The summed E-state index contributed by atoms with van der Waals surface area (Å²) in [4.78, 5) is 42.9. The summed E-state index contributed by atoms with van der Waals surface area (Å²) < 4.78 is 7.05. The van der Waals surface area contributed by atoms with Crippen LogP contribution in [0.3, 0.4) is 0 Å². The molecule has 152 valence electrons. The van der Waals surface area contributed by atoms with Crippen LogP contribution in [0.15, 0.2) is 58.5 Å². The number of thioether (sulfide) groups is 1. The lowest BCUT2D eigenvalue weighted by molar-refractivity contribution is -0.141. The summed E-state index contributed by atoms with van der Waals surface area (Å²) in [7, 11) is 1.27. The normalized spacial score (nSPS) is 11.1. The number of ketones is 1. The van der Waals surface area contributed by atoms with Crippen LogP contribution in [0, 0.1) is 6.92 Å². The Morgan fingerprint density at radius 1 is 1.10 bits per heavy atom. The zero-order chi connectivity index (χ0) is 21.3. The highest BCUT2D eigenvalue weighted by molar-refractivity contribution is 7.99. The quantitative estimate of drug-likeness (QED) is 0.195. The maximum Gasteiger partial charge on any atom is 0.325 e. The predicted molar refractivity (Wildman–Crippen MR) is 120 cm³/mol. The van der Waals surface area contributed by atoms with Crippen molar-refractivity contribution in [3.8, 4) is 0 Å². The number of thiophene rings is 1. The van der Waals surface area contributed by atoms with Crippen LogP contribution in [0.2, 0.25) is 0 Å². The van der Waals surface area contributed by atoms with Gasteiger partial charge in [0, 0.05) is 4.70 Å². The summed E-state index contributed by atoms with van der Waals surface area (Å²) in [6.45, 7) is 1.68. The van der Waals surface area contributed by atoms with Crippen LogP contribution in [0.1, 0.15) is 15.2 Å². The fourth-order valence-corrected chi connectivity index (χ4v) is 5.34. The molecule has 30 heavy (non-hydrogen) atoms. The number of benzene rings is 2. The van der Waals surface area contributed by atoms with Crippen molar-refractivity contribution >= 4 is 55.8 Å². The molecule has 0 aliphatic rings. The van der Waals surface area contributed by atoms with Crippen LogP contribution in [0.25, 0.3) is 21.0 Å². The first-order valence-corrected chi connectivity index (χ1v) is 11.0. The number of methoxy groups -OCH3 is 1. The number of carbonyl (C=O) groups is 2. The standard InChI is InChI=1S/C22H18N2O4S2/c1-13-14-7-4-6-10-18(14)30-20(13)17(25)12-29-22-23-16-9-5-3-8-15(16)21(27)24(22)11-19(26)28-2/h3-10H,11-12H2,1-2H3. The molecule has 0 bridgehead atoms. The van der Waals surface area contributed by atoms with E-state index in [2.05, 4.69) is 4.98 Å². The van der Waals surface area contributed by atoms with Gasteiger partial charge in [0.15, 0.2) is 10.9 Å². The number of rotatable bonds is 6. The topological polar surface area (TPSA) is 78.3 Å². The van der Waals surface area contributed by atoms with Gasteiger partial charge in [-0.25, -0.2) is 4.98 Å². The first-order valence-electron chi connectivity index (χ1n) is 9.20. The van der Waals surface area contributed by atoms with Gasteiger partial charge in [0.05, 0.1) is 28.6 Å². The lowest BCUT2D eigenvalue weighted by Crippen LogP contribution is -2.27. The van der Waals surface area contributed by atoms with E-state index >= 15 is 0 Å². The summed E-state index contributed by atoms with van der Waals surface area (Å²) in [5.74, 6) is -0.479. The highest BCUT2D eigenvalue weighted by Crippen LogP contribution is 2.32. The van der Waals surface area contributed by atoms with Crippen molar-refractivity contribution in [1.82, 2.24) is 9.55 Å². The van der Waals surface area contributed by atoms with Crippen molar-refractivity contribution in [2.24, 2.45) is 0 Å². The molecule has 4 rings (SSSR count). The van der Waals surface area contributed by atoms with Gasteiger partial charge >= 0.3 is 5.97 Å². The minimum Gasteiger partial charge on any atom is -0.468 e. The molecular formula is C22H18N2O4S2. The lowest BCUT2D eigenvalue weighted by Gasteiger charge is -2.11. The number of aromatic nitrogens is 2. The van der Waals surface area contributed by atoms with E-state index < -0.39 is 5.97 Å². The van der Waals surface area contributed by atoms with Crippen molar-refractivity contribution in [2.75, 3.05) is 12.9 Å². The van der Waals surface area contributed by atoms with Gasteiger partial charge < -0.3 is 4.74 Å². The van der Waals surface area contributed by atoms with Crippen LogP contribution in [0.4, 0.5) is 0 Å². The molecule has 0 atom stereocenters. The molecule has 0 fully saturated rings. The average Bonchev–Trinajstić information content (AvgIpc) is 3.11. The van der Waals surface area contributed by atoms with Crippen molar-refractivity contribution in [2.45, 2.75) is 18.6 Å². The maximum atomic E-state index is 12.9. The molecule has 2 aromatic heterocycles. The molecule has 0 saturated carbocycles. The Labute approximate surface area is 180 Å². The Bertz CT molecular complexity index is 1340. The third-order valence-electron chi connectivity index (χ3n) is 4.77. The van der Waals surface area contributed by atoms with Gasteiger partial charge in [-0.05, 0) is 36.1 Å². The summed E-state index contributed by atoms with van der Waals surface area (Å²) in [5.41, 5.74) is 1.15. The fourth-order valence-electron chi connectivity index (χ4n) is 3.23. The lowest BCUT2D eigenvalue weighted by atomic mass is 10.1. The van der Waals surface area contributed by atoms with E-state index in [0.29, 0.717) is 20.9 Å². The molecule has 2 heterocycles. The highest BCUT2D eigenvalue weighted by atomic mass is 32.2. The smallest absolute Gasteiger partial charge is 0.325 e. The second-order valence-corrected chi connectivity index (χ2v) is 8.64. The molecule has 0 amide bonds. The van der Waals surface area contributed by atoms with Gasteiger partial charge in [-0.15, -0.1) is 11.3 Å². The van der Waals surface area contributed by atoms with Gasteiger partial charge in [-0.2, -0.15) is 0 Å². The van der Waals surface area contributed by atoms with Gasteiger partial charge in [-0.1, -0.05) is 42.1 Å². The van der Waals surface area contributed by atoms with Crippen molar-refractivity contribution < 1.29 is 14.3 Å². The van der Waals surface area contributed by atoms with Crippen molar-refractivity contribution in [3.63, 3.8) is 0 Å².